The molecule has 0 aliphatic rings. The summed E-state index contributed by atoms with van der Waals surface area (Å²) < 4.78 is 44.4. The molecular weight excluding hydrogens is 327 g/mol. The van der Waals surface area contributed by atoms with Crippen molar-refractivity contribution in [2.24, 2.45) is 0 Å². The standard InChI is InChI=1S/C8H7BrClFO4S/c1-14-4-15-8-6(9)2-5(10)3-7(8)16(11,12)13/h2-3H,4H2,1H3. The second-order valence-corrected chi connectivity index (χ2v) is 5.31. The minimum atomic E-state index is -4.90. The molecule has 0 N–H and O–H groups in total. The zero-order valence-electron chi connectivity index (χ0n) is 8.04. The molecule has 1 aromatic rings. The first-order chi connectivity index (χ1) is 7.36. The van der Waals surface area contributed by atoms with E-state index in [0.29, 0.717) is 0 Å². The molecule has 0 heterocycles. The number of hydrogen-bond donors (Lipinski definition) is 0. The van der Waals surface area contributed by atoms with Gasteiger partial charge in [-0.1, -0.05) is 11.6 Å². The third kappa shape index (κ3) is 3.31. The van der Waals surface area contributed by atoms with E-state index in [9.17, 15) is 12.3 Å². The van der Waals surface area contributed by atoms with Gasteiger partial charge in [0.05, 0.1) is 4.47 Å². The molecule has 0 bridgehead atoms. The normalized spacial score (nSPS) is 11.5. The zero-order chi connectivity index (χ0) is 12.3. The predicted molar refractivity (Wildman–Crippen MR) is 59.9 cm³/mol. The first kappa shape index (κ1) is 13.7. The molecule has 0 aliphatic carbocycles. The SMILES string of the molecule is COCOc1c(Br)cc(Cl)cc1S(=O)(=O)F. The Kier molecular flexibility index (Phi) is 4.54. The molecule has 90 valence electrons. The van der Waals surface area contributed by atoms with Gasteiger partial charge in [-0.3, -0.25) is 0 Å². The van der Waals surface area contributed by atoms with Gasteiger partial charge in [-0.25, -0.2) is 0 Å². The average Bonchev–Trinajstić information content (AvgIpc) is 2.14. The van der Waals surface area contributed by atoms with Crippen molar-refractivity contribution in [1.82, 2.24) is 0 Å². The Hall–Kier alpha value is -0.370. The minimum absolute atomic E-state index is 0.0767. The summed E-state index contributed by atoms with van der Waals surface area (Å²) in [6.07, 6.45) is 0. The second-order valence-electron chi connectivity index (χ2n) is 2.70. The van der Waals surface area contributed by atoms with E-state index in [-0.39, 0.29) is 22.0 Å². The van der Waals surface area contributed by atoms with Crippen molar-refractivity contribution >= 4 is 37.8 Å². The van der Waals surface area contributed by atoms with E-state index in [1.807, 2.05) is 0 Å². The van der Waals surface area contributed by atoms with Crippen LogP contribution in [0.25, 0.3) is 0 Å². The summed E-state index contributed by atoms with van der Waals surface area (Å²) in [6, 6.07) is 2.36. The van der Waals surface area contributed by atoms with Gasteiger partial charge in [0.2, 0.25) is 0 Å². The number of ether oxygens (including phenoxy) is 2. The van der Waals surface area contributed by atoms with Gasteiger partial charge < -0.3 is 9.47 Å². The quantitative estimate of drug-likeness (QED) is 0.628. The monoisotopic (exact) mass is 332 g/mol. The van der Waals surface area contributed by atoms with Gasteiger partial charge in [-0.15, -0.1) is 3.89 Å². The Morgan fingerprint density at radius 1 is 1.50 bits per heavy atom. The maximum Gasteiger partial charge on any atom is 0.335 e. The molecule has 8 heteroatoms. The topological polar surface area (TPSA) is 52.6 Å². The maximum atomic E-state index is 12.9. The van der Waals surface area contributed by atoms with Crippen molar-refractivity contribution in [3.63, 3.8) is 0 Å². The molecule has 0 fully saturated rings. The Balaban J connectivity index is 3.33. The van der Waals surface area contributed by atoms with Crippen LogP contribution >= 0.6 is 27.5 Å². The van der Waals surface area contributed by atoms with E-state index in [1.165, 1.54) is 13.2 Å². The molecule has 0 saturated carbocycles. The summed E-state index contributed by atoms with van der Waals surface area (Å²) in [5.74, 6) is -0.172. The van der Waals surface area contributed by atoms with Crippen molar-refractivity contribution in [2.45, 2.75) is 4.90 Å². The van der Waals surface area contributed by atoms with E-state index < -0.39 is 15.1 Å². The van der Waals surface area contributed by atoms with E-state index in [4.69, 9.17) is 16.3 Å². The Morgan fingerprint density at radius 3 is 2.62 bits per heavy atom. The summed E-state index contributed by atoms with van der Waals surface area (Å²) in [4.78, 5) is -0.635. The van der Waals surface area contributed by atoms with Gasteiger partial charge >= 0.3 is 10.2 Å². The second kappa shape index (κ2) is 5.31. The molecule has 0 aliphatic heterocycles. The van der Waals surface area contributed by atoms with Crippen molar-refractivity contribution in [2.75, 3.05) is 13.9 Å². The van der Waals surface area contributed by atoms with Crippen LogP contribution in [0, 0.1) is 0 Å². The highest BCUT2D eigenvalue weighted by Gasteiger charge is 2.22. The minimum Gasteiger partial charge on any atom is -0.465 e. The van der Waals surface area contributed by atoms with Crippen molar-refractivity contribution in [1.29, 1.82) is 0 Å². The van der Waals surface area contributed by atoms with Crippen LogP contribution in [0.1, 0.15) is 0 Å². The van der Waals surface area contributed by atoms with Gasteiger partial charge in [0.1, 0.15) is 4.90 Å². The highest BCUT2D eigenvalue weighted by Crippen LogP contribution is 2.36. The van der Waals surface area contributed by atoms with Crippen LogP contribution in [0.5, 0.6) is 5.75 Å². The smallest absolute Gasteiger partial charge is 0.335 e. The van der Waals surface area contributed by atoms with Crippen LogP contribution in [0.3, 0.4) is 0 Å². The van der Waals surface area contributed by atoms with Crippen LogP contribution in [0.2, 0.25) is 5.02 Å². The first-order valence-electron chi connectivity index (χ1n) is 3.91. The summed E-state index contributed by atoms with van der Waals surface area (Å²) in [7, 11) is -3.55. The molecule has 4 nitrogen and oxygen atoms in total. The average molecular weight is 334 g/mol. The summed E-state index contributed by atoms with van der Waals surface area (Å²) >= 11 is 8.64. The van der Waals surface area contributed by atoms with E-state index in [0.717, 1.165) is 6.07 Å². The summed E-state index contributed by atoms with van der Waals surface area (Å²) in [5, 5.41) is 0.0767. The number of hydrogen-bond acceptors (Lipinski definition) is 4. The number of benzene rings is 1. The highest BCUT2D eigenvalue weighted by atomic mass is 79.9. The van der Waals surface area contributed by atoms with Gasteiger partial charge in [0.15, 0.2) is 12.5 Å². The fraction of sp³-hybridized carbons (Fsp3) is 0.250. The van der Waals surface area contributed by atoms with Crippen molar-refractivity contribution in [3.8, 4) is 5.75 Å². The van der Waals surface area contributed by atoms with E-state index in [1.54, 1.807) is 0 Å². The molecule has 0 aromatic heterocycles. The molecule has 16 heavy (non-hydrogen) atoms. The summed E-state index contributed by atoms with van der Waals surface area (Å²) in [6.45, 7) is -0.206. The summed E-state index contributed by atoms with van der Waals surface area (Å²) in [5.41, 5.74) is 0. The first-order valence-corrected chi connectivity index (χ1v) is 6.47. The Bertz CT molecular complexity index is 491. The zero-order valence-corrected chi connectivity index (χ0v) is 11.2. The molecule has 0 atom stereocenters. The fourth-order valence-corrected chi connectivity index (χ4v) is 2.75. The van der Waals surface area contributed by atoms with Gasteiger partial charge in [-0.2, -0.15) is 8.42 Å². The molecule has 0 spiro atoms. The molecule has 1 rings (SSSR count). The van der Waals surface area contributed by atoms with Crippen molar-refractivity contribution in [3.05, 3.63) is 21.6 Å². The molecule has 0 saturated heterocycles. The van der Waals surface area contributed by atoms with Crippen LogP contribution in [0.15, 0.2) is 21.5 Å². The lowest BCUT2D eigenvalue weighted by atomic mass is 10.3. The Morgan fingerprint density at radius 2 is 2.12 bits per heavy atom. The van der Waals surface area contributed by atoms with E-state index >= 15 is 0 Å². The lowest BCUT2D eigenvalue weighted by Gasteiger charge is -2.10. The fourth-order valence-electron chi connectivity index (χ4n) is 0.976. The largest absolute Gasteiger partial charge is 0.465 e. The molecule has 0 unspecified atom stereocenters. The number of halogens is 3. The molecule has 0 amide bonds. The molecule has 0 radical (unpaired) electrons. The highest BCUT2D eigenvalue weighted by molar-refractivity contribution is 9.10. The molecule has 1 aromatic carbocycles. The van der Waals surface area contributed by atoms with E-state index in [2.05, 4.69) is 20.7 Å². The van der Waals surface area contributed by atoms with Crippen molar-refractivity contribution < 1.29 is 21.8 Å². The van der Waals surface area contributed by atoms with Gasteiger partial charge in [0.25, 0.3) is 0 Å². The van der Waals surface area contributed by atoms with Crippen LogP contribution in [0.4, 0.5) is 3.89 Å². The van der Waals surface area contributed by atoms with Crippen LogP contribution in [-0.2, 0) is 15.0 Å². The van der Waals surface area contributed by atoms with Crippen LogP contribution in [-0.4, -0.2) is 22.3 Å². The number of rotatable bonds is 4. The predicted octanol–water partition coefficient (Wildman–Crippen LogP) is 2.74. The van der Waals surface area contributed by atoms with Gasteiger partial charge in [-0.05, 0) is 28.1 Å². The molecular formula is C8H7BrClFO4S. The lowest BCUT2D eigenvalue weighted by molar-refractivity contribution is 0.0484. The third-order valence-electron chi connectivity index (χ3n) is 1.56. The maximum absolute atomic E-state index is 12.9. The van der Waals surface area contributed by atoms with Crippen LogP contribution < -0.4 is 4.74 Å². The number of methoxy groups -OCH3 is 1. The van der Waals surface area contributed by atoms with Gasteiger partial charge in [0, 0.05) is 12.1 Å². The third-order valence-corrected chi connectivity index (χ3v) is 3.19. The lowest BCUT2D eigenvalue weighted by Crippen LogP contribution is -2.04. The Labute approximate surface area is 106 Å².